The van der Waals surface area contributed by atoms with E-state index in [0.29, 0.717) is 11.5 Å². The van der Waals surface area contributed by atoms with Crippen molar-refractivity contribution in [1.82, 2.24) is 19.7 Å². The van der Waals surface area contributed by atoms with Crippen LogP contribution in [0.25, 0.3) is 5.82 Å². The smallest absolute Gasteiger partial charge is 0.273 e. The molecule has 0 unspecified atom stereocenters. The topological polar surface area (TPSA) is 51.0 Å². The van der Waals surface area contributed by atoms with Gasteiger partial charge in [-0.15, -0.1) is 0 Å². The van der Waals surface area contributed by atoms with Crippen molar-refractivity contribution < 1.29 is 4.79 Å². The molecule has 2 aromatic rings. The predicted molar refractivity (Wildman–Crippen MR) is 74.8 cm³/mol. The zero-order chi connectivity index (χ0) is 13.3. The largest absolute Gasteiger partial charge is 0.343 e. The lowest BCUT2D eigenvalue weighted by Gasteiger charge is -2.07. The third kappa shape index (κ3) is 2.62. The SMILES string of the molecule is CN(C)C(=O)c1ccn(-c2ncc(Br)cc2Br)n1. The van der Waals surface area contributed by atoms with Gasteiger partial charge in [-0.1, -0.05) is 0 Å². The molecule has 2 heterocycles. The Morgan fingerprint density at radius 3 is 2.72 bits per heavy atom. The van der Waals surface area contributed by atoms with Crippen LogP contribution in [0.2, 0.25) is 0 Å². The second-order valence-electron chi connectivity index (χ2n) is 3.80. The Labute approximate surface area is 121 Å². The Hall–Kier alpha value is -1.21. The fourth-order valence-electron chi connectivity index (χ4n) is 1.36. The summed E-state index contributed by atoms with van der Waals surface area (Å²) in [5.74, 6) is 0.498. The van der Waals surface area contributed by atoms with E-state index >= 15 is 0 Å². The minimum Gasteiger partial charge on any atom is -0.343 e. The molecule has 0 radical (unpaired) electrons. The van der Waals surface area contributed by atoms with E-state index < -0.39 is 0 Å². The Morgan fingerprint density at radius 2 is 2.11 bits per heavy atom. The van der Waals surface area contributed by atoms with E-state index in [1.54, 1.807) is 37.2 Å². The molecule has 0 N–H and O–H groups in total. The summed E-state index contributed by atoms with van der Waals surface area (Å²) in [6, 6.07) is 3.54. The molecule has 0 aliphatic heterocycles. The maximum absolute atomic E-state index is 11.7. The van der Waals surface area contributed by atoms with Crippen molar-refractivity contribution in [2.24, 2.45) is 0 Å². The second-order valence-corrected chi connectivity index (χ2v) is 5.57. The van der Waals surface area contributed by atoms with Crippen LogP contribution in [0.4, 0.5) is 0 Å². The highest BCUT2D eigenvalue weighted by atomic mass is 79.9. The average molecular weight is 374 g/mol. The van der Waals surface area contributed by atoms with Crippen LogP contribution in [-0.4, -0.2) is 39.7 Å². The van der Waals surface area contributed by atoms with Gasteiger partial charge in [-0.3, -0.25) is 4.79 Å². The summed E-state index contributed by atoms with van der Waals surface area (Å²) in [7, 11) is 3.38. The minimum absolute atomic E-state index is 0.137. The van der Waals surface area contributed by atoms with Gasteiger partial charge >= 0.3 is 0 Å². The lowest BCUT2D eigenvalue weighted by atomic mass is 10.4. The Morgan fingerprint density at radius 1 is 1.39 bits per heavy atom. The van der Waals surface area contributed by atoms with E-state index in [4.69, 9.17) is 0 Å². The van der Waals surface area contributed by atoms with Crippen molar-refractivity contribution in [3.63, 3.8) is 0 Å². The molecule has 2 aromatic heterocycles. The summed E-state index contributed by atoms with van der Waals surface area (Å²) < 4.78 is 3.23. The van der Waals surface area contributed by atoms with E-state index in [0.717, 1.165) is 8.95 Å². The zero-order valence-electron chi connectivity index (χ0n) is 9.76. The molecule has 94 valence electrons. The molecule has 5 nitrogen and oxygen atoms in total. The van der Waals surface area contributed by atoms with Gasteiger partial charge in [0.2, 0.25) is 0 Å². The number of carbonyl (C=O) groups excluding carboxylic acids is 1. The van der Waals surface area contributed by atoms with Crippen molar-refractivity contribution >= 4 is 37.8 Å². The molecule has 2 rings (SSSR count). The number of aromatic nitrogens is 3. The molecule has 18 heavy (non-hydrogen) atoms. The van der Waals surface area contributed by atoms with Crippen LogP contribution in [0.5, 0.6) is 0 Å². The van der Waals surface area contributed by atoms with Crippen LogP contribution in [0.3, 0.4) is 0 Å². The summed E-state index contributed by atoms with van der Waals surface area (Å²) >= 11 is 6.74. The first kappa shape index (κ1) is 13.2. The van der Waals surface area contributed by atoms with Crippen LogP contribution < -0.4 is 0 Å². The highest BCUT2D eigenvalue weighted by Gasteiger charge is 2.13. The van der Waals surface area contributed by atoms with Crippen molar-refractivity contribution in [3.8, 4) is 5.82 Å². The highest BCUT2D eigenvalue weighted by Crippen LogP contribution is 2.22. The van der Waals surface area contributed by atoms with Gasteiger partial charge in [-0.05, 0) is 44.0 Å². The number of rotatable bonds is 2. The number of halogens is 2. The first-order chi connectivity index (χ1) is 8.49. The molecule has 0 aromatic carbocycles. The lowest BCUT2D eigenvalue weighted by molar-refractivity contribution is 0.0821. The van der Waals surface area contributed by atoms with Gasteiger partial charge in [0.25, 0.3) is 5.91 Å². The fraction of sp³-hybridized carbons (Fsp3) is 0.182. The number of nitrogens with zero attached hydrogens (tertiary/aromatic N) is 4. The highest BCUT2D eigenvalue weighted by molar-refractivity contribution is 9.11. The molecule has 0 atom stereocenters. The molecular weight excluding hydrogens is 364 g/mol. The summed E-state index contributed by atoms with van der Waals surface area (Å²) in [4.78, 5) is 17.5. The van der Waals surface area contributed by atoms with Crippen LogP contribution >= 0.6 is 31.9 Å². The number of hydrogen-bond acceptors (Lipinski definition) is 3. The lowest BCUT2D eigenvalue weighted by Crippen LogP contribution is -2.22. The maximum Gasteiger partial charge on any atom is 0.273 e. The third-order valence-electron chi connectivity index (χ3n) is 2.22. The molecule has 0 aliphatic rings. The van der Waals surface area contributed by atoms with Crippen LogP contribution in [0.1, 0.15) is 10.5 Å². The van der Waals surface area contributed by atoms with Crippen LogP contribution in [-0.2, 0) is 0 Å². The molecule has 0 saturated heterocycles. The fourth-order valence-corrected chi connectivity index (χ4v) is 2.53. The van der Waals surface area contributed by atoms with Gasteiger partial charge in [-0.2, -0.15) is 5.10 Å². The number of hydrogen-bond donors (Lipinski definition) is 0. The number of amides is 1. The monoisotopic (exact) mass is 372 g/mol. The van der Waals surface area contributed by atoms with E-state index in [1.807, 2.05) is 6.07 Å². The van der Waals surface area contributed by atoms with Crippen molar-refractivity contribution in [3.05, 3.63) is 39.2 Å². The zero-order valence-corrected chi connectivity index (χ0v) is 12.9. The van der Waals surface area contributed by atoms with Gasteiger partial charge < -0.3 is 4.90 Å². The normalized spacial score (nSPS) is 10.4. The Bertz CT molecular complexity index is 594. The van der Waals surface area contributed by atoms with Crippen LogP contribution in [0, 0.1) is 0 Å². The summed E-state index contributed by atoms with van der Waals surface area (Å²) in [6.07, 6.45) is 3.38. The summed E-state index contributed by atoms with van der Waals surface area (Å²) in [6.45, 7) is 0. The van der Waals surface area contributed by atoms with Crippen LogP contribution in [0.15, 0.2) is 33.5 Å². The van der Waals surface area contributed by atoms with Crippen molar-refractivity contribution in [1.29, 1.82) is 0 Å². The van der Waals surface area contributed by atoms with E-state index in [1.165, 1.54) is 4.90 Å². The van der Waals surface area contributed by atoms with E-state index in [9.17, 15) is 4.79 Å². The van der Waals surface area contributed by atoms with Gasteiger partial charge in [0, 0.05) is 31.0 Å². The second kappa shape index (κ2) is 5.19. The first-order valence-corrected chi connectivity index (χ1v) is 6.66. The number of carbonyl (C=O) groups is 1. The van der Waals surface area contributed by atoms with Gasteiger partial charge in [0.15, 0.2) is 11.5 Å². The first-order valence-electron chi connectivity index (χ1n) is 5.08. The third-order valence-corrected chi connectivity index (χ3v) is 3.24. The van der Waals surface area contributed by atoms with Gasteiger partial charge in [0.1, 0.15) is 0 Å². The minimum atomic E-state index is -0.137. The quantitative estimate of drug-likeness (QED) is 0.812. The van der Waals surface area contributed by atoms with Gasteiger partial charge in [0.05, 0.1) is 4.47 Å². The molecule has 7 heteroatoms. The van der Waals surface area contributed by atoms with Crippen molar-refractivity contribution in [2.45, 2.75) is 0 Å². The van der Waals surface area contributed by atoms with Crippen molar-refractivity contribution in [2.75, 3.05) is 14.1 Å². The Balaban J connectivity index is 2.38. The Kier molecular flexibility index (Phi) is 3.82. The van der Waals surface area contributed by atoms with Gasteiger partial charge in [-0.25, -0.2) is 9.67 Å². The average Bonchev–Trinajstić information content (AvgIpc) is 2.77. The summed E-state index contributed by atoms with van der Waals surface area (Å²) in [5.41, 5.74) is 0.386. The van der Waals surface area contributed by atoms with E-state index in [2.05, 4.69) is 41.9 Å². The predicted octanol–water partition coefficient (Wildman–Crippen LogP) is 2.49. The standard InChI is InChI=1S/C11H10Br2N4O/c1-16(2)11(18)9-3-4-17(15-9)10-8(13)5-7(12)6-14-10/h3-6H,1-2H3. The molecule has 0 aliphatic carbocycles. The maximum atomic E-state index is 11.7. The molecule has 0 saturated carbocycles. The number of pyridine rings is 1. The molecule has 1 amide bonds. The summed E-state index contributed by atoms with van der Waals surface area (Å²) in [5, 5.41) is 4.21. The molecule has 0 bridgehead atoms. The molecular formula is C11H10Br2N4O. The molecule has 0 spiro atoms. The van der Waals surface area contributed by atoms with E-state index in [-0.39, 0.29) is 5.91 Å². The molecule has 0 fully saturated rings.